The van der Waals surface area contributed by atoms with Crippen LogP contribution in [-0.2, 0) is 7.05 Å². The van der Waals surface area contributed by atoms with Crippen molar-refractivity contribution >= 4 is 0 Å². The average molecular weight is 195 g/mol. The van der Waals surface area contributed by atoms with Gasteiger partial charge in [0, 0.05) is 25.9 Å². The molecule has 0 amide bonds. The summed E-state index contributed by atoms with van der Waals surface area (Å²) >= 11 is 0. The minimum atomic E-state index is -0.253. The second kappa shape index (κ2) is 3.42. The molecule has 2 rings (SSSR count). The maximum absolute atomic E-state index is 11.7. The molecule has 14 heavy (non-hydrogen) atoms. The summed E-state index contributed by atoms with van der Waals surface area (Å²) in [5.74, 6) is 0. The van der Waals surface area contributed by atoms with Crippen LogP contribution in [0.2, 0.25) is 0 Å². The fourth-order valence-corrected chi connectivity index (χ4v) is 1.74. The van der Waals surface area contributed by atoms with E-state index >= 15 is 0 Å². The number of hydrogen-bond donors (Lipinski definition) is 1. The largest absolute Gasteiger partial charge is 0.330 e. The van der Waals surface area contributed by atoms with E-state index in [4.69, 9.17) is 0 Å². The van der Waals surface area contributed by atoms with Crippen molar-refractivity contribution in [1.29, 1.82) is 0 Å². The second-order valence-corrected chi connectivity index (χ2v) is 3.55. The number of nitrogens with one attached hydrogen (secondary N) is 1. The highest BCUT2D eigenvalue weighted by Gasteiger charge is 2.17. The zero-order valence-electron chi connectivity index (χ0n) is 8.06. The normalized spacial score (nSPS) is 21.4. The fraction of sp³-hybridized carbons (Fsp3) is 0.556. The van der Waals surface area contributed by atoms with Crippen LogP contribution in [0.3, 0.4) is 0 Å². The fourth-order valence-electron chi connectivity index (χ4n) is 1.74. The third-order valence-electron chi connectivity index (χ3n) is 2.64. The first kappa shape index (κ1) is 9.21. The van der Waals surface area contributed by atoms with Crippen molar-refractivity contribution in [3.05, 3.63) is 33.1 Å². The molecule has 0 aromatic carbocycles. The Hall–Kier alpha value is -1.36. The van der Waals surface area contributed by atoms with Gasteiger partial charge in [0.05, 0.1) is 6.04 Å². The summed E-state index contributed by atoms with van der Waals surface area (Å²) in [5, 5.41) is 3.19. The zero-order chi connectivity index (χ0) is 10.1. The van der Waals surface area contributed by atoms with Crippen LogP contribution >= 0.6 is 0 Å². The Kier molecular flexibility index (Phi) is 2.25. The molecule has 5 heteroatoms. The Labute approximate surface area is 81.0 Å². The highest BCUT2D eigenvalue weighted by atomic mass is 16.2. The minimum absolute atomic E-state index is 0.189. The van der Waals surface area contributed by atoms with Gasteiger partial charge in [0.15, 0.2) is 0 Å². The van der Waals surface area contributed by atoms with Crippen LogP contribution < -0.4 is 16.6 Å². The first-order valence-corrected chi connectivity index (χ1v) is 4.69. The van der Waals surface area contributed by atoms with E-state index in [0.717, 1.165) is 24.1 Å². The summed E-state index contributed by atoms with van der Waals surface area (Å²) in [5.41, 5.74) is -0.483. The number of hydrogen-bond acceptors (Lipinski definition) is 3. The average Bonchev–Trinajstić information content (AvgIpc) is 2.67. The standard InChI is InChI=1S/C9H13N3O2/c1-11-8(13)3-5-12(9(11)14)7-2-4-10-6-7/h3,5,7,10H,2,4,6H2,1H3. The molecule has 1 aromatic heterocycles. The van der Waals surface area contributed by atoms with Crippen LogP contribution in [0.1, 0.15) is 12.5 Å². The lowest BCUT2D eigenvalue weighted by molar-refractivity contribution is 0.495. The molecular weight excluding hydrogens is 182 g/mol. The Bertz CT molecular complexity index is 440. The summed E-state index contributed by atoms with van der Waals surface area (Å²) in [6.07, 6.45) is 2.53. The van der Waals surface area contributed by atoms with Crippen molar-refractivity contribution in [2.45, 2.75) is 12.5 Å². The zero-order valence-corrected chi connectivity index (χ0v) is 8.06. The van der Waals surface area contributed by atoms with Crippen molar-refractivity contribution in [2.24, 2.45) is 7.05 Å². The highest BCUT2D eigenvalue weighted by Crippen LogP contribution is 2.10. The van der Waals surface area contributed by atoms with Gasteiger partial charge >= 0.3 is 5.69 Å². The van der Waals surface area contributed by atoms with Gasteiger partial charge in [0.2, 0.25) is 0 Å². The molecule has 2 heterocycles. The Morgan fingerprint density at radius 3 is 2.93 bits per heavy atom. The second-order valence-electron chi connectivity index (χ2n) is 3.55. The quantitative estimate of drug-likeness (QED) is 0.630. The van der Waals surface area contributed by atoms with E-state index < -0.39 is 0 Å². The highest BCUT2D eigenvalue weighted by molar-refractivity contribution is 4.90. The van der Waals surface area contributed by atoms with E-state index in [1.807, 2.05) is 0 Å². The minimum Gasteiger partial charge on any atom is -0.315 e. The van der Waals surface area contributed by atoms with Gasteiger partial charge in [-0.1, -0.05) is 0 Å². The molecule has 76 valence electrons. The van der Waals surface area contributed by atoms with E-state index in [0.29, 0.717) is 0 Å². The Balaban J connectivity index is 2.49. The predicted octanol–water partition coefficient (Wildman–Crippen LogP) is -0.919. The van der Waals surface area contributed by atoms with Crippen LogP contribution in [0.15, 0.2) is 21.9 Å². The smallest absolute Gasteiger partial charge is 0.315 e. The maximum Gasteiger partial charge on any atom is 0.330 e. The first-order chi connectivity index (χ1) is 6.70. The lowest BCUT2D eigenvalue weighted by atomic mass is 10.2. The van der Waals surface area contributed by atoms with Crippen LogP contribution in [-0.4, -0.2) is 22.2 Å². The maximum atomic E-state index is 11.7. The Morgan fingerprint density at radius 2 is 2.29 bits per heavy atom. The summed E-state index contributed by atoms with van der Waals surface area (Å²) < 4.78 is 2.76. The molecule has 1 saturated heterocycles. The molecule has 1 N–H and O–H groups in total. The van der Waals surface area contributed by atoms with Gasteiger partial charge in [-0.25, -0.2) is 4.79 Å². The van der Waals surface area contributed by atoms with E-state index in [1.54, 1.807) is 10.8 Å². The SMILES string of the molecule is Cn1c(=O)ccn(C2CCNC2)c1=O. The summed E-state index contributed by atoms with van der Waals surface area (Å²) in [6.45, 7) is 1.73. The molecule has 1 aliphatic heterocycles. The molecule has 1 unspecified atom stereocenters. The number of rotatable bonds is 1. The molecule has 0 radical (unpaired) electrons. The van der Waals surface area contributed by atoms with Gasteiger partial charge in [-0.3, -0.25) is 13.9 Å². The van der Waals surface area contributed by atoms with Gasteiger partial charge in [-0.15, -0.1) is 0 Å². The van der Waals surface area contributed by atoms with Gasteiger partial charge in [0.25, 0.3) is 5.56 Å². The molecule has 1 aliphatic rings. The van der Waals surface area contributed by atoms with Crippen molar-refractivity contribution in [1.82, 2.24) is 14.5 Å². The van der Waals surface area contributed by atoms with Crippen LogP contribution in [0.25, 0.3) is 0 Å². The van der Waals surface area contributed by atoms with Crippen LogP contribution in [0.4, 0.5) is 0 Å². The van der Waals surface area contributed by atoms with Crippen molar-refractivity contribution < 1.29 is 0 Å². The topological polar surface area (TPSA) is 56.0 Å². The number of aromatic nitrogens is 2. The van der Waals surface area contributed by atoms with E-state index in [-0.39, 0.29) is 17.3 Å². The predicted molar refractivity (Wildman–Crippen MR) is 52.5 cm³/mol. The molecule has 1 atom stereocenters. The number of nitrogens with zero attached hydrogens (tertiary/aromatic N) is 2. The summed E-state index contributed by atoms with van der Waals surface area (Å²) in [6, 6.07) is 1.62. The van der Waals surface area contributed by atoms with Crippen LogP contribution in [0, 0.1) is 0 Å². The molecule has 0 spiro atoms. The van der Waals surface area contributed by atoms with E-state index in [2.05, 4.69) is 5.32 Å². The lowest BCUT2D eigenvalue weighted by Crippen LogP contribution is -2.39. The van der Waals surface area contributed by atoms with Crippen molar-refractivity contribution in [2.75, 3.05) is 13.1 Å². The van der Waals surface area contributed by atoms with Crippen molar-refractivity contribution in [3.63, 3.8) is 0 Å². The monoisotopic (exact) mass is 195 g/mol. The third-order valence-corrected chi connectivity index (χ3v) is 2.64. The molecule has 5 nitrogen and oxygen atoms in total. The molecular formula is C9H13N3O2. The van der Waals surface area contributed by atoms with Crippen LogP contribution in [0.5, 0.6) is 0 Å². The third kappa shape index (κ3) is 1.39. The summed E-state index contributed by atoms with van der Waals surface area (Å²) in [4.78, 5) is 22.8. The van der Waals surface area contributed by atoms with Gasteiger partial charge in [-0.2, -0.15) is 0 Å². The molecule has 0 saturated carbocycles. The first-order valence-electron chi connectivity index (χ1n) is 4.69. The molecule has 0 aliphatic carbocycles. The van der Waals surface area contributed by atoms with E-state index in [1.165, 1.54) is 13.1 Å². The van der Waals surface area contributed by atoms with Crippen molar-refractivity contribution in [3.8, 4) is 0 Å². The molecule has 1 fully saturated rings. The van der Waals surface area contributed by atoms with Gasteiger partial charge in [0.1, 0.15) is 0 Å². The molecule has 0 bridgehead atoms. The van der Waals surface area contributed by atoms with E-state index in [9.17, 15) is 9.59 Å². The van der Waals surface area contributed by atoms with Gasteiger partial charge in [-0.05, 0) is 13.0 Å². The summed E-state index contributed by atoms with van der Waals surface area (Å²) in [7, 11) is 1.50. The molecule has 1 aromatic rings. The lowest BCUT2D eigenvalue weighted by Gasteiger charge is -2.12. The van der Waals surface area contributed by atoms with Gasteiger partial charge < -0.3 is 5.32 Å². The Morgan fingerprint density at radius 1 is 1.50 bits per heavy atom.